The van der Waals surface area contributed by atoms with Gasteiger partial charge in [0, 0.05) is 6.42 Å². The molecule has 0 spiro atoms. The number of halogens is 1. The van der Waals surface area contributed by atoms with E-state index in [2.05, 4.69) is 15.9 Å². The van der Waals surface area contributed by atoms with Crippen LogP contribution in [0.4, 0.5) is 0 Å². The Kier molecular flexibility index (Phi) is 3.42. The summed E-state index contributed by atoms with van der Waals surface area (Å²) < 4.78 is 16.5. The molecule has 2 rings (SSSR count). The van der Waals surface area contributed by atoms with Gasteiger partial charge in [-0.1, -0.05) is 0 Å². The summed E-state index contributed by atoms with van der Waals surface area (Å²) in [5, 5.41) is 8.69. The summed E-state index contributed by atoms with van der Waals surface area (Å²) in [6.45, 7) is 0.166. The highest BCUT2D eigenvalue weighted by atomic mass is 79.9. The molecule has 1 aliphatic heterocycles. The first kappa shape index (κ1) is 12.0. The van der Waals surface area contributed by atoms with E-state index in [9.17, 15) is 4.79 Å². The minimum atomic E-state index is -0.846. The molecular weight excluding hydrogens is 292 g/mol. The quantitative estimate of drug-likeness (QED) is 0.924. The van der Waals surface area contributed by atoms with E-state index in [-0.39, 0.29) is 13.2 Å². The number of carboxylic acid groups (broad SMARTS) is 1. The van der Waals surface area contributed by atoms with Crippen LogP contribution in [-0.4, -0.2) is 25.0 Å². The average Bonchev–Trinajstić information content (AvgIpc) is 2.74. The van der Waals surface area contributed by atoms with E-state index >= 15 is 0 Å². The zero-order valence-corrected chi connectivity index (χ0v) is 10.7. The van der Waals surface area contributed by atoms with Crippen molar-refractivity contribution >= 4 is 21.9 Å². The Morgan fingerprint density at radius 1 is 1.59 bits per heavy atom. The molecule has 0 radical (unpaired) electrons. The van der Waals surface area contributed by atoms with Gasteiger partial charge in [0.25, 0.3) is 0 Å². The van der Waals surface area contributed by atoms with Gasteiger partial charge >= 0.3 is 5.97 Å². The van der Waals surface area contributed by atoms with Crippen molar-refractivity contribution in [2.24, 2.45) is 0 Å². The fraction of sp³-hybridized carbons (Fsp3) is 0.364. The Morgan fingerprint density at radius 2 is 2.35 bits per heavy atom. The van der Waals surface area contributed by atoms with Crippen LogP contribution in [0.25, 0.3) is 0 Å². The van der Waals surface area contributed by atoms with Crippen LogP contribution < -0.4 is 14.2 Å². The standard InChI is InChI=1S/C11H11BrO5/c1-15-10-6(2-3-8(13)14)4-7-11(9(10)12)17-5-16-7/h4H,2-3,5H2,1H3,(H,13,14). The maximum absolute atomic E-state index is 10.6. The van der Waals surface area contributed by atoms with Gasteiger partial charge in [-0.05, 0) is 34.0 Å². The van der Waals surface area contributed by atoms with Crippen LogP contribution in [0.1, 0.15) is 12.0 Å². The van der Waals surface area contributed by atoms with Crippen molar-refractivity contribution in [3.05, 3.63) is 16.1 Å². The molecule has 17 heavy (non-hydrogen) atoms. The monoisotopic (exact) mass is 302 g/mol. The van der Waals surface area contributed by atoms with E-state index in [0.717, 1.165) is 5.56 Å². The van der Waals surface area contributed by atoms with Crippen molar-refractivity contribution in [3.8, 4) is 17.2 Å². The maximum Gasteiger partial charge on any atom is 0.303 e. The molecule has 0 fully saturated rings. The molecule has 0 unspecified atom stereocenters. The van der Waals surface area contributed by atoms with Crippen LogP contribution in [-0.2, 0) is 11.2 Å². The molecule has 5 nitrogen and oxygen atoms in total. The summed E-state index contributed by atoms with van der Waals surface area (Å²) in [4.78, 5) is 10.6. The van der Waals surface area contributed by atoms with Crippen LogP contribution in [0.2, 0.25) is 0 Å². The van der Waals surface area contributed by atoms with Crippen LogP contribution >= 0.6 is 15.9 Å². The van der Waals surface area contributed by atoms with Crippen molar-refractivity contribution < 1.29 is 24.1 Å². The van der Waals surface area contributed by atoms with Crippen molar-refractivity contribution in [2.45, 2.75) is 12.8 Å². The van der Waals surface area contributed by atoms with E-state index in [4.69, 9.17) is 19.3 Å². The lowest BCUT2D eigenvalue weighted by Crippen LogP contribution is -2.00. The minimum Gasteiger partial charge on any atom is -0.495 e. The first-order valence-electron chi connectivity index (χ1n) is 5.00. The number of hydrogen-bond donors (Lipinski definition) is 1. The molecule has 1 aromatic rings. The Bertz CT molecular complexity index is 458. The van der Waals surface area contributed by atoms with E-state index < -0.39 is 5.97 Å². The summed E-state index contributed by atoms with van der Waals surface area (Å²) in [6, 6.07) is 1.76. The third-order valence-electron chi connectivity index (χ3n) is 2.45. The third kappa shape index (κ3) is 2.31. The number of aliphatic carboxylic acids is 1. The number of rotatable bonds is 4. The molecule has 0 atom stereocenters. The highest BCUT2D eigenvalue weighted by Crippen LogP contribution is 2.46. The van der Waals surface area contributed by atoms with Crippen molar-refractivity contribution in [3.63, 3.8) is 0 Å². The van der Waals surface area contributed by atoms with Crippen LogP contribution in [0.5, 0.6) is 17.2 Å². The number of ether oxygens (including phenoxy) is 3. The number of benzene rings is 1. The molecule has 1 aromatic carbocycles. The van der Waals surface area contributed by atoms with Gasteiger partial charge in [0.1, 0.15) is 10.2 Å². The van der Waals surface area contributed by atoms with E-state index in [1.54, 1.807) is 6.07 Å². The number of fused-ring (bicyclic) bond motifs is 1. The van der Waals surface area contributed by atoms with Gasteiger partial charge < -0.3 is 19.3 Å². The first-order valence-corrected chi connectivity index (χ1v) is 5.79. The first-order chi connectivity index (χ1) is 8.13. The summed E-state index contributed by atoms with van der Waals surface area (Å²) >= 11 is 3.37. The highest BCUT2D eigenvalue weighted by molar-refractivity contribution is 9.10. The highest BCUT2D eigenvalue weighted by Gasteiger charge is 2.23. The zero-order valence-electron chi connectivity index (χ0n) is 9.16. The van der Waals surface area contributed by atoms with Gasteiger partial charge in [0.2, 0.25) is 6.79 Å². The molecule has 1 heterocycles. The molecule has 0 bridgehead atoms. The van der Waals surface area contributed by atoms with Crippen LogP contribution in [0.15, 0.2) is 10.5 Å². The normalized spacial score (nSPS) is 12.6. The molecule has 0 aromatic heterocycles. The fourth-order valence-corrected chi connectivity index (χ4v) is 2.41. The van der Waals surface area contributed by atoms with Crippen LogP contribution in [0, 0.1) is 0 Å². The maximum atomic E-state index is 10.6. The zero-order chi connectivity index (χ0) is 12.4. The summed E-state index contributed by atoms with van der Waals surface area (Å²) in [5.74, 6) is 0.954. The number of methoxy groups -OCH3 is 1. The largest absolute Gasteiger partial charge is 0.495 e. The Morgan fingerprint density at radius 3 is 3.00 bits per heavy atom. The number of hydrogen-bond acceptors (Lipinski definition) is 4. The van der Waals surface area contributed by atoms with Gasteiger partial charge in [-0.3, -0.25) is 4.79 Å². The van der Waals surface area contributed by atoms with E-state index in [1.165, 1.54) is 7.11 Å². The Balaban J connectivity index is 2.37. The van der Waals surface area contributed by atoms with Crippen molar-refractivity contribution in [1.29, 1.82) is 0 Å². The number of carbonyl (C=O) groups is 1. The number of carboxylic acids is 1. The van der Waals surface area contributed by atoms with Crippen molar-refractivity contribution in [1.82, 2.24) is 0 Å². The summed E-state index contributed by atoms with van der Waals surface area (Å²) in [7, 11) is 1.53. The Hall–Kier alpha value is -1.43. The molecule has 6 heteroatoms. The van der Waals surface area contributed by atoms with E-state index in [0.29, 0.717) is 28.1 Å². The van der Waals surface area contributed by atoms with Crippen molar-refractivity contribution in [2.75, 3.05) is 13.9 Å². The lowest BCUT2D eigenvalue weighted by Gasteiger charge is -2.11. The molecule has 0 saturated carbocycles. The molecule has 0 aliphatic carbocycles. The minimum absolute atomic E-state index is 0.0441. The lowest BCUT2D eigenvalue weighted by atomic mass is 10.1. The molecule has 1 aliphatic rings. The second-order valence-electron chi connectivity index (χ2n) is 3.51. The van der Waals surface area contributed by atoms with Gasteiger partial charge in [-0.25, -0.2) is 0 Å². The molecular formula is C11H11BrO5. The van der Waals surface area contributed by atoms with Crippen LogP contribution in [0.3, 0.4) is 0 Å². The lowest BCUT2D eigenvalue weighted by molar-refractivity contribution is -0.136. The summed E-state index contributed by atoms with van der Waals surface area (Å²) in [6.07, 6.45) is 0.427. The Labute approximate surface area is 106 Å². The number of aryl methyl sites for hydroxylation is 1. The molecule has 92 valence electrons. The predicted octanol–water partition coefficient (Wildman–Crippen LogP) is 2.20. The SMILES string of the molecule is COc1c(CCC(=O)O)cc2c(c1Br)OCO2. The van der Waals surface area contributed by atoms with Gasteiger partial charge in [-0.15, -0.1) is 0 Å². The second-order valence-corrected chi connectivity index (χ2v) is 4.30. The average molecular weight is 303 g/mol. The van der Waals surface area contributed by atoms with Gasteiger partial charge in [0.15, 0.2) is 11.5 Å². The topological polar surface area (TPSA) is 65.0 Å². The third-order valence-corrected chi connectivity index (χ3v) is 3.17. The smallest absolute Gasteiger partial charge is 0.303 e. The van der Waals surface area contributed by atoms with E-state index in [1.807, 2.05) is 0 Å². The molecule has 1 N–H and O–H groups in total. The predicted molar refractivity (Wildman–Crippen MR) is 62.8 cm³/mol. The van der Waals surface area contributed by atoms with Gasteiger partial charge in [0.05, 0.1) is 7.11 Å². The fourth-order valence-electron chi connectivity index (χ4n) is 1.68. The summed E-state index contributed by atoms with van der Waals surface area (Å²) in [5.41, 5.74) is 0.783. The van der Waals surface area contributed by atoms with Gasteiger partial charge in [-0.2, -0.15) is 0 Å². The second kappa shape index (κ2) is 4.83. The molecule has 0 amide bonds. The molecule has 0 saturated heterocycles.